The average Bonchev–Trinajstić information content (AvgIpc) is 2.47. The van der Waals surface area contributed by atoms with Crippen molar-refractivity contribution in [2.24, 2.45) is 5.92 Å². The van der Waals surface area contributed by atoms with Crippen LogP contribution >= 0.6 is 12.4 Å². The van der Waals surface area contributed by atoms with E-state index in [-0.39, 0.29) is 22.9 Å². The summed E-state index contributed by atoms with van der Waals surface area (Å²) < 4.78 is 27.2. The Kier molecular flexibility index (Phi) is 6.82. The molecule has 1 saturated heterocycles. The fraction of sp³-hybridized carbons (Fsp3) is 0.533. The number of hydrogen-bond acceptors (Lipinski definition) is 4. The van der Waals surface area contributed by atoms with Crippen molar-refractivity contribution < 1.29 is 8.42 Å². The number of piperidine rings is 1. The number of hydrogen-bond donors (Lipinski definition) is 1. The Morgan fingerprint density at radius 2 is 2.18 bits per heavy atom. The molecule has 1 aliphatic heterocycles. The summed E-state index contributed by atoms with van der Waals surface area (Å²) in [4.78, 5) is 0.134. The van der Waals surface area contributed by atoms with Crippen LogP contribution in [0.3, 0.4) is 0 Å². The molecule has 1 aromatic carbocycles. The van der Waals surface area contributed by atoms with E-state index in [4.69, 9.17) is 0 Å². The van der Waals surface area contributed by atoms with Crippen LogP contribution in [0.25, 0.3) is 0 Å². The van der Waals surface area contributed by atoms with E-state index < -0.39 is 10.0 Å². The molecule has 0 bridgehead atoms. The lowest BCUT2D eigenvalue weighted by Gasteiger charge is -2.32. The van der Waals surface area contributed by atoms with Crippen LogP contribution in [-0.4, -0.2) is 39.4 Å². The maximum atomic E-state index is 12.8. The summed E-state index contributed by atoms with van der Waals surface area (Å²) in [5.74, 6) is 0.328. The smallest absolute Gasteiger partial charge is 0.244 e. The maximum absolute atomic E-state index is 12.8. The molecule has 122 valence electrons. The van der Waals surface area contributed by atoms with Crippen LogP contribution in [-0.2, 0) is 10.0 Å². The van der Waals surface area contributed by atoms with E-state index in [0.717, 1.165) is 19.4 Å². The summed E-state index contributed by atoms with van der Waals surface area (Å²) >= 11 is 0. The molecule has 0 saturated carbocycles. The Bertz CT molecular complexity index is 653. The first-order chi connectivity index (χ1) is 10.0. The highest BCUT2D eigenvalue weighted by atomic mass is 35.5. The molecule has 22 heavy (non-hydrogen) atoms. The van der Waals surface area contributed by atoms with E-state index in [9.17, 15) is 13.7 Å². The molecule has 1 fully saturated rings. The predicted molar refractivity (Wildman–Crippen MR) is 88.6 cm³/mol. The predicted octanol–water partition coefficient (Wildman–Crippen LogP) is 1.91. The Morgan fingerprint density at radius 1 is 1.45 bits per heavy atom. The average molecular weight is 344 g/mol. The van der Waals surface area contributed by atoms with Crippen molar-refractivity contribution in [2.45, 2.75) is 24.7 Å². The Labute approximate surface area is 138 Å². The summed E-state index contributed by atoms with van der Waals surface area (Å²) in [5, 5.41) is 12.4. The van der Waals surface area contributed by atoms with Gasteiger partial charge in [-0.3, -0.25) is 0 Å². The van der Waals surface area contributed by atoms with Gasteiger partial charge in [0.2, 0.25) is 10.0 Å². The highest BCUT2D eigenvalue weighted by molar-refractivity contribution is 7.89. The Hall–Kier alpha value is -1.13. The van der Waals surface area contributed by atoms with Crippen LogP contribution in [0.15, 0.2) is 23.1 Å². The summed E-state index contributed by atoms with van der Waals surface area (Å²) in [6.07, 6.45) is 1.89. The molecule has 1 N–H and O–H groups in total. The van der Waals surface area contributed by atoms with Crippen molar-refractivity contribution in [3.8, 4) is 6.07 Å². The second kappa shape index (κ2) is 7.93. The lowest BCUT2D eigenvalue weighted by molar-refractivity contribution is 0.263. The van der Waals surface area contributed by atoms with Crippen LogP contribution in [0.5, 0.6) is 0 Å². The van der Waals surface area contributed by atoms with Crippen molar-refractivity contribution in [3.05, 3.63) is 29.3 Å². The van der Waals surface area contributed by atoms with Gasteiger partial charge in [-0.25, -0.2) is 8.42 Å². The first-order valence-corrected chi connectivity index (χ1v) is 8.59. The standard InChI is InChI=1S/C15H21N3O2S.ClH/c1-12-5-3-7-15(14(12)9-16)21(19,20)18-8-4-6-13(11-18)10-17-2;/h3,5,7,13,17H,4,6,8,10-11H2,1-2H3;1H. The molecule has 5 nitrogen and oxygen atoms in total. The minimum atomic E-state index is -3.60. The molecule has 0 radical (unpaired) electrons. The lowest BCUT2D eigenvalue weighted by Crippen LogP contribution is -2.42. The van der Waals surface area contributed by atoms with Crippen LogP contribution in [0.4, 0.5) is 0 Å². The third-order valence-corrected chi connectivity index (χ3v) is 5.85. The Balaban J connectivity index is 0.00000242. The maximum Gasteiger partial charge on any atom is 0.244 e. The molecule has 0 amide bonds. The van der Waals surface area contributed by atoms with Gasteiger partial charge in [0.15, 0.2) is 0 Å². The van der Waals surface area contributed by atoms with Crippen LogP contribution < -0.4 is 5.32 Å². The lowest BCUT2D eigenvalue weighted by atomic mass is 10.00. The second-order valence-corrected chi connectivity index (χ2v) is 7.40. The number of nitriles is 1. The third kappa shape index (κ3) is 3.79. The number of nitrogens with one attached hydrogen (secondary N) is 1. The zero-order valence-corrected chi connectivity index (χ0v) is 14.5. The van der Waals surface area contributed by atoms with Crippen molar-refractivity contribution in [1.29, 1.82) is 5.26 Å². The Morgan fingerprint density at radius 3 is 2.82 bits per heavy atom. The zero-order valence-electron chi connectivity index (χ0n) is 12.9. The zero-order chi connectivity index (χ0) is 15.5. The van der Waals surface area contributed by atoms with Gasteiger partial charge in [-0.05, 0) is 50.9 Å². The molecule has 1 unspecified atom stereocenters. The molecule has 1 heterocycles. The molecule has 7 heteroatoms. The van der Waals surface area contributed by atoms with Crippen molar-refractivity contribution >= 4 is 22.4 Å². The molecule has 0 spiro atoms. The van der Waals surface area contributed by atoms with E-state index in [2.05, 4.69) is 5.32 Å². The fourth-order valence-electron chi connectivity index (χ4n) is 2.84. The molecular formula is C15H22ClN3O2S. The highest BCUT2D eigenvalue weighted by Crippen LogP contribution is 2.26. The molecule has 1 aromatic rings. The molecule has 1 aliphatic rings. The van der Waals surface area contributed by atoms with Gasteiger partial charge in [0, 0.05) is 13.1 Å². The number of benzene rings is 1. The number of aryl methyl sites for hydroxylation is 1. The van der Waals surface area contributed by atoms with E-state index >= 15 is 0 Å². The van der Waals surface area contributed by atoms with Crippen molar-refractivity contribution in [2.75, 3.05) is 26.7 Å². The SMILES string of the molecule is CNCC1CCCN(S(=O)(=O)c2cccc(C)c2C#N)C1.Cl. The topological polar surface area (TPSA) is 73.2 Å². The van der Waals surface area contributed by atoms with Gasteiger partial charge in [0.25, 0.3) is 0 Å². The molecular weight excluding hydrogens is 322 g/mol. The van der Waals surface area contributed by atoms with Gasteiger partial charge in [0.05, 0.1) is 5.56 Å². The monoisotopic (exact) mass is 343 g/mol. The van der Waals surface area contributed by atoms with Crippen LogP contribution in [0.2, 0.25) is 0 Å². The largest absolute Gasteiger partial charge is 0.319 e. The summed E-state index contributed by atoms with van der Waals surface area (Å²) in [7, 11) is -1.72. The van der Waals surface area contributed by atoms with Gasteiger partial charge in [0.1, 0.15) is 11.0 Å². The quantitative estimate of drug-likeness (QED) is 0.906. The fourth-order valence-corrected chi connectivity index (χ4v) is 4.61. The first kappa shape index (κ1) is 18.9. The molecule has 0 aromatic heterocycles. The van der Waals surface area contributed by atoms with E-state index in [1.807, 2.05) is 13.1 Å². The molecule has 2 rings (SSSR count). The number of halogens is 1. The highest BCUT2D eigenvalue weighted by Gasteiger charge is 2.31. The number of rotatable bonds is 4. The van der Waals surface area contributed by atoms with E-state index in [0.29, 0.717) is 24.6 Å². The molecule has 0 aliphatic carbocycles. The minimum absolute atomic E-state index is 0. The van der Waals surface area contributed by atoms with E-state index in [1.54, 1.807) is 19.1 Å². The van der Waals surface area contributed by atoms with Gasteiger partial charge >= 0.3 is 0 Å². The second-order valence-electron chi connectivity index (χ2n) is 5.49. The van der Waals surface area contributed by atoms with Crippen LogP contribution in [0, 0.1) is 24.2 Å². The van der Waals surface area contributed by atoms with Gasteiger partial charge in [-0.2, -0.15) is 9.57 Å². The number of nitrogens with zero attached hydrogens (tertiary/aromatic N) is 2. The van der Waals surface area contributed by atoms with Crippen molar-refractivity contribution in [3.63, 3.8) is 0 Å². The summed E-state index contributed by atoms with van der Waals surface area (Å²) in [6.45, 7) is 3.62. The first-order valence-electron chi connectivity index (χ1n) is 7.15. The van der Waals surface area contributed by atoms with E-state index in [1.165, 1.54) is 10.4 Å². The van der Waals surface area contributed by atoms with Gasteiger partial charge in [-0.1, -0.05) is 12.1 Å². The van der Waals surface area contributed by atoms with Crippen molar-refractivity contribution in [1.82, 2.24) is 9.62 Å². The minimum Gasteiger partial charge on any atom is -0.319 e. The normalized spacial score (nSPS) is 19.2. The third-order valence-electron chi connectivity index (χ3n) is 3.94. The molecule has 1 atom stereocenters. The number of sulfonamides is 1. The van der Waals surface area contributed by atoms with Crippen LogP contribution in [0.1, 0.15) is 24.0 Å². The summed E-state index contributed by atoms with van der Waals surface area (Å²) in [6, 6.07) is 7.01. The van der Waals surface area contributed by atoms with Gasteiger partial charge < -0.3 is 5.32 Å². The summed E-state index contributed by atoms with van der Waals surface area (Å²) in [5.41, 5.74) is 0.954. The van der Waals surface area contributed by atoms with Gasteiger partial charge in [-0.15, -0.1) is 12.4 Å².